The van der Waals surface area contributed by atoms with Crippen molar-refractivity contribution in [1.29, 1.82) is 0 Å². The summed E-state index contributed by atoms with van der Waals surface area (Å²) in [6.07, 6.45) is 0.986. The van der Waals surface area contributed by atoms with Crippen molar-refractivity contribution in [2.75, 3.05) is 13.1 Å². The zero-order valence-corrected chi connectivity index (χ0v) is 13.9. The van der Waals surface area contributed by atoms with Crippen LogP contribution in [0.5, 0.6) is 5.75 Å². The first-order valence-corrected chi connectivity index (χ1v) is 7.94. The minimum absolute atomic E-state index is 0.112. The summed E-state index contributed by atoms with van der Waals surface area (Å²) in [6.45, 7) is 5.20. The molecule has 1 fully saturated rings. The smallest absolute Gasteiger partial charge is 0.138 e. The summed E-state index contributed by atoms with van der Waals surface area (Å²) >= 11 is 12.3. The molecule has 2 rings (SSSR count). The molecule has 0 aromatic heterocycles. The molecule has 1 saturated heterocycles. The third-order valence-electron chi connectivity index (χ3n) is 3.97. The van der Waals surface area contributed by atoms with Crippen LogP contribution in [0.4, 0.5) is 0 Å². The Morgan fingerprint density at radius 3 is 2.52 bits per heavy atom. The number of aliphatic hydroxyl groups is 1. The van der Waals surface area contributed by atoms with E-state index in [1.54, 1.807) is 13.0 Å². The second-order valence-corrected chi connectivity index (χ2v) is 6.35. The van der Waals surface area contributed by atoms with E-state index in [4.69, 9.17) is 33.7 Å². The number of halogens is 2. The molecule has 0 saturated carbocycles. The van der Waals surface area contributed by atoms with Crippen molar-refractivity contribution in [3.63, 3.8) is 0 Å². The van der Waals surface area contributed by atoms with E-state index in [1.165, 1.54) is 0 Å². The summed E-state index contributed by atoms with van der Waals surface area (Å²) in [6, 6.07) is 3.61. The molecule has 6 heteroatoms. The summed E-state index contributed by atoms with van der Waals surface area (Å²) in [5.41, 5.74) is 6.79. The summed E-state index contributed by atoms with van der Waals surface area (Å²) in [4.78, 5) is 2.08. The zero-order valence-electron chi connectivity index (χ0n) is 12.4. The maximum atomic E-state index is 9.54. The van der Waals surface area contributed by atoms with Gasteiger partial charge in [0.2, 0.25) is 0 Å². The Bertz CT molecular complexity index is 489. The van der Waals surface area contributed by atoms with Crippen LogP contribution in [0.3, 0.4) is 0 Å². The number of hydrogen-bond donors (Lipinski definition) is 2. The molecule has 0 aliphatic carbocycles. The number of piperidine rings is 1. The van der Waals surface area contributed by atoms with Gasteiger partial charge in [0.15, 0.2) is 0 Å². The lowest BCUT2D eigenvalue weighted by atomic mass is 10.1. The van der Waals surface area contributed by atoms with Gasteiger partial charge in [-0.15, -0.1) is 0 Å². The predicted octanol–water partition coefficient (Wildman–Crippen LogP) is 2.81. The second kappa shape index (κ2) is 7.16. The fraction of sp³-hybridized carbons (Fsp3) is 0.600. The van der Waals surface area contributed by atoms with Crippen LogP contribution in [-0.4, -0.2) is 41.5 Å². The van der Waals surface area contributed by atoms with Crippen LogP contribution in [0.25, 0.3) is 0 Å². The number of aliphatic hydroxyl groups excluding tert-OH is 1. The van der Waals surface area contributed by atoms with Crippen LogP contribution in [-0.2, 0) is 0 Å². The molecular formula is C15H22Cl2N2O2. The molecule has 2 atom stereocenters. The van der Waals surface area contributed by atoms with Crippen molar-refractivity contribution in [2.45, 2.75) is 45.1 Å². The molecule has 1 aromatic carbocycles. The number of nitrogens with zero attached hydrogens (tertiary/aromatic N) is 1. The lowest BCUT2D eigenvalue weighted by molar-refractivity contribution is 0.0235. The van der Waals surface area contributed by atoms with E-state index >= 15 is 0 Å². The molecule has 0 spiro atoms. The fourth-order valence-corrected chi connectivity index (χ4v) is 2.92. The topological polar surface area (TPSA) is 58.7 Å². The maximum Gasteiger partial charge on any atom is 0.138 e. The van der Waals surface area contributed by atoms with Gasteiger partial charge in [0.05, 0.1) is 17.3 Å². The van der Waals surface area contributed by atoms with Crippen LogP contribution < -0.4 is 10.5 Å². The molecule has 1 heterocycles. The van der Waals surface area contributed by atoms with Crippen molar-refractivity contribution in [3.05, 3.63) is 27.7 Å². The Morgan fingerprint density at radius 1 is 1.33 bits per heavy atom. The highest BCUT2D eigenvalue weighted by molar-refractivity contribution is 6.36. The van der Waals surface area contributed by atoms with Crippen molar-refractivity contribution < 1.29 is 9.84 Å². The van der Waals surface area contributed by atoms with E-state index in [1.807, 2.05) is 13.0 Å². The standard InChI is InChI=1S/C15H22Cl2N2O2/c1-9-12(16)3-4-13(14(9)17)21-11-5-7-19(8-6-11)15(18)10(2)20/h3-4,10-11,15,20H,5-8,18H2,1-2H3/t10-,15?/m1/s1. The highest BCUT2D eigenvalue weighted by Crippen LogP contribution is 2.34. The minimum atomic E-state index is -0.532. The molecule has 21 heavy (non-hydrogen) atoms. The number of ether oxygens (including phenoxy) is 1. The average molecular weight is 333 g/mol. The number of nitrogens with two attached hydrogens (primary N) is 1. The molecule has 1 aromatic rings. The molecule has 1 aliphatic heterocycles. The average Bonchev–Trinajstić information content (AvgIpc) is 2.48. The Kier molecular flexibility index (Phi) is 5.74. The molecule has 3 N–H and O–H groups in total. The number of hydrogen-bond acceptors (Lipinski definition) is 4. The predicted molar refractivity (Wildman–Crippen MR) is 86.1 cm³/mol. The maximum absolute atomic E-state index is 9.54. The largest absolute Gasteiger partial charge is 0.489 e. The van der Waals surface area contributed by atoms with Gasteiger partial charge in [0.1, 0.15) is 11.9 Å². The van der Waals surface area contributed by atoms with E-state index in [-0.39, 0.29) is 12.3 Å². The first-order chi connectivity index (χ1) is 9.90. The van der Waals surface area contributed by atoms with Gasteiger partial charge in [0, 0.05) is 18.1 Å². The molecular weight excluding hydrogens is 311 g/mol. The van der Waals surface area contributed by atoms with Gasteiger partial charge in [0.25, 0.3) is 0 Å². The Labute approximate surface area is 135 Å². The zero-order chi connectivity index (χ0) is 15.6. The monoisotopic (exact) mass is 332 g/mol. The minimum Gasteiger partial charge on any atom is -0.489 e. The van der Waals surface area contributed by atoms with Crippen molar-refractivity contribution in [3.8, 4) is 5.75 Å². The lowest BCUT2D eigenvalue weighted by Gasteiger charge is -2.36. The van der Waals surface area contributed by atoms with Crippen LogP contribution in [0.1, 0.15) is 25.3 Å². The first kappa shape index (κ1) is 16.8. The summed E-state index contributed by atoms with van der Waals surface area (Å²) < 4.78 is 5.99. The van der Waals surface area contributed by atoms with Crippen LogP contribution in [0.2, 0.25) is 10.0 Å². The Balaban J connectivity index is 1.94. The number of benzene rings is 1. The number of rotatable bonds is 4. The molecule has 0 bridgehead atoms. The summed E-state index contributed by atoms with van der Waals surface area (Å²) in [5, 5.41) is 10.8. The van der Waals surface area contributed by atoms with Crippen molar-refractivity contribution in [1.82, 2.24) is 4.90 Å². The van der Waals surface area contributed by atoms with Gasteiger partial charge in [-0.1, -0.05) is 23.2 Å². The highest BCUT2D eigenvalue weighted by Gasteiger charge is 2.26. The molecule has 118 valence electrons. The van der Waals surface area contributed by atoms with Crippen LogP contribution in [0.15, 0.2) is 12.1 Å². The quantitative estimate of drug-likeness (QED) is 0.890. The van der Waals surface area contributed by atoms with Crippen molar-refractivity contribution >= 4 is 23.2 Å². The molecule has 1 aliphatic rings. The first-order valence-electron chi connectivity index (χ1n) is 7.19. The summed E-state index contributed by atoms with van der Waals surface area (Å²) in [5.74, 6) is 0.678. The van der Waals surface area contributed by atoms with Gasteiger partial charge < -0.3 is 15.6 Å². The fourth-order valence-electron chi connectivity index (χ4n) is 2.50. The Hall–Kier alpha value is -0.520. The molecule has 0 amide bonds. The molecule has 1 unspecified atom stereocenters. The van der Waals surface area contributed by atoms with E-state index in [0.29, 0.717) is 15.8 Å². The van der Waals surface area contributed by atoms with Gasteiger partial charge in [-0.3, -0.25) is 4.90 Å². The van der Waals surface area contributed by atoms with E-state index in [0.717, 1.165) is 31.5 Å². The summed E-state index contributed by atoms with van der Waals surface area (Å²) in [7, 11) is 0. The third-order valence-corrected chi connectivity index (χ3v) is 4.85. The third kappa shape index (κ3) is 4.02. The van der Waals surface area contributed by atoms with Gasteiger partial charge in [-0.25, -0.2) is 0 Å². The normalized spacial score (nSPS) is 20.3. The van der Waals surface area contributed by atoms with Crippen molar-refractivity contribution in [2.24, 2.45) is 5.73 Å². The lowest BCUT2D eigenvalue weighted by Crippen LogP contribution is -2.53. The Morgan fingerprint density at radius 2 is 1.95 bits per heavy atom. The van der Waals surface area contributed by atoms with E-state index in [9.17, 15) is 5.11 Å². The van der Waals surface area contributed by atoms with Gasteiger partial charge in [-0.05, 0) is 44.4 Å². The van der Waals surface area contributed by atoms with Crippen LogP contribution >= 0.6 is 23.2 Å². The molecule has 4 nitrogen and oxygen atoms in total. The van der Waals surface area contributed by atoms with Gasteiger partial charge >= 0.3 is 0 Å². The highest BCUT2D eigenvalue weighted by atomic mass is 35.5. The molecule has 0 radical (unpaired) electrons. The van der Waals surface area contributed by atoms with E-state index < -0.39 is 6.10 Å². The van der Waals surface area contributed by atoms with Gasteiger partial charge in [-0.2, -0.15) is 0 Å². The number of likely N-dealkylation sites (tertiary alicyclic amines) is 1. The van der Waals surface area contributed by atoms with Crippen LogP contribution in [0, 0.1) is 6.92 Å². The second-order valence-electron chi connectivity index (χ2n) is 5.57. The van der Waals surface area contributed by atoms with E-state index in [2.05, 4.69) is 4.90 Å². The SMILES string of the molecule is Cc1c(Cl)ccc(OC2CCN(C(N)[C@@H](C)O)CC2)c1Cl.